The Morgan fingerprint density at radius 2 is 2.20 bits per heavy atom. The van der Waals surface area contributed by atoms with Crippen molar-refractivity contribution in [3.05, 3.63) is 47.8 Å². The van der Waals surface area contributed by atoms with E-state index in [0.29, 0.717) is 31.8 Å². The van der Waals surface area contributed by atoms with Crippen molar-refractivity contribution in [3.8, 4) is 5.75 Å². The number of amides is 1. The van der Waals surface area contributed by atoms with Gasteiger partial charge in [-0.05, 0) is 30.2 Å². The Bertz CT molecular complexity index is 731. The number of nitrogens with zero attached hydrogens (tertiary/aromatic N) is 3. The van der Waals surface area contributed by atoms with Crippen LogP contribution in [0.3, 0.4) is 0 Å². The van der Waals surface area contributed by atoms with Crippen LogP contribution >= 0.6 is 0 Å². The predicted octanol–water partition coefficient (Wildman–Crippen LogP) is 1.49. The standard InChI is InChI=1S/C18H23N3O4/c1-24-9-8-20-7-6-16(19-20)18(23)21-12-14(22)11-17(21)13-4-3-5-15(10-13)25-2/h3-7,10,14,17,22H,8-9,11-12H2,1-2H3/t14-,17-/m0/s1. The molecule has 0 bridgehead atoms. The van der Waals surface area contributed by atoms with Crippen LogP contribution in [0.25, 0.3) is 0 Å². The number of hydrogen-bond donors (Lipinski definition) is 1. The summed E-state index contributed by atoms with van der Waals surface area (Å²) in [6, 6.07) is 9.11. The molecule has 2 heterocycles. The largest absolute Gasteiger partial charge is 0.497 e. The van der Waals surface area contributed by atoms with Gasteiger partial charge in [-0.1, -0.05) is 12.1 Å². The molecule has 2 aromatic rings. The number of rotatable bonds is 6. The molecule has 1 fully saturated rings. The molecule has 1 aliphatic rings. The maximum atomic E-state index is 12.9. The SMILES string of the molecule is COCCn1ccc(C(=O)N2C[C@@H](O)C[C@H]2c2cccc(OC)c2)n1. The zero-order chi connectivity index (χ0) is 17.8. The summed E-state index contributed by atoms with van der Waals surface area (Å²) in [6.07, 6.45) is 1.72. The van der Waals surface area contributed by atoms with E-state index in [0.717, 1.165) is 11.3 Å². The maximum absolute atomic E-state index is 12.9. The Balaban J connectivity index is 1.81. The Morgan fingerprint density at radius 3 is 2.96 bits per heavy atom. The first-order valence-electron chi connectivity index (χ1n) is 8.27. The van der Waals surface area contributed by atoms with Crippen molar-refractivity contribution < 1.29 is 19.4 Å². The summed E-state index contributed by atoms with van der Waals surface area (Å²) >= 11 is 0. The molecular weight excluding hydrogens is 322 g/mol. The molecule has 1 aromatic carbocycles. The van der Waals surface area contributed by atoms with Crippen molar-refractivity contribution in [1.29, 1.82) is 0 Å². The molecule has 0 radical (unpaired) electrons. The highest BCUT2D eigenvalue weighted by molar-refractivity contribution is 5.92. The van der Waals surface area contributed by atoms with Gasteiger partial charge in [0.2, 0.25) is 0 Å². The van der Waals surface area contributed by atoms with Gasteiger partial charge >= 0.3 is 0 Å². The van der Waals surface area contributed by atoms with E-state index in [9.17, 15) is 9.90 Å². The number of carbonyl (C=O) groups excluding carboxylic acids is 1. The van der Waals surface area contributed by atoms with Crippen molar-refractivity contribution in [3.63, 3.8) is 0 Å². The summed E-state index contributed by atoms with van der Waals surface area (Å²) in [5, 5.41) is 14.4. The first-order valence-corrected chi connectivity index (χ1v) is 8.27. The number of aromatic nitrogens is 2. The summed E-state index contributed by atoms with van der Waals surface area (Å²) in [4.78, 5) is 14.6. The number of methoxy groups -OCH3 is 2. The van der Waals surface area contributed by atoms with E-state index in [2.05, 4.69) is 5.10 Å². The van der Waals surface area contributed by atoms with Gasteiger partial charge < -0.3 is 19.5 Å². The van der Waals surface area contributed by atoms with Gasteiger partial charge in [0.05, 0.1) is 32.4 Å². The number of carbonyl (C=O) groups is 1. The Kier molecular flexibility index (Phi) is 5.35. The second-order valence-electron chi connectivity index (χ2n) is 6.10. The van der Waals surface area contributed by atoms with Gasteiger partial charge in [0.25, 0.3) is 5.91 Å². The molecule has 2 atom stereocenters. The lowest BCUT2D eigenvalue weighted by atomic mass is 10.0. The van der Waals surface area contributed by atoms with E-state index < -0.39 is 6.10 Å². The van der Waals surface area contributed by atoms with E-state index in [-0.39, 0.29) is 11.9 Å². The summed E-state index contributed by atoms with van der Waals surface area (Å²) in [5.41, 5.74) is 1.32. The van der Waals surface area contributed by atoms with Crippen LogP contribution in [0.15, 0.2) is 36.5 Å². The number of benzene rings is 1. The smallest absolute Gasteiger partial charge is 0.274 e. The first-order chi connectivity index (χ1) is 12.1. The molecule has 7 nitrogen and oxygen atoms in total. The van der Waals surface area contributed by atoms with Crippen LogP contribution < -0.4 is 4.74 Å². The molecule has 0 aliphatic carbocycles. The number of hydrogen-bond acceptors (Lipinski definition) is 5. The molecule has 1 aromatic heterocycles. The molecule has 0 unspecified atom stereocenters. The molecular formula is C18H23N3O4. The highest BCUT2D eigenvalue weighted by atomic mass is 16.5. The quantitative estimate of drug-likeness (QED) is 0.858. The van der Waals surface area contributed by atoms with Gasteiger partial charge in [0.1, 0.15) is 11.4 Å². The molecule has 1 saturated heterocycles. The van der Waals surface area contributed by atoms with Crippen molar-refractivity contribution in [2.45, 2.75) is 25.1 Å². The van der Waals surface area contributed by atoms with Gasteiger partial charge in [0.15, 0.2) is 0 Å². The minimum Gasteiger partial charge on any atom is -0.497 e. The van der Waals surface area contributed by atoms with Crippen LogP contribution in [0.4, 0.5) is 0 Å². The third-order valence-corrected chi connectivity index (χ3v) is 4.40. The lowest BCUT2D eigenvalue weighted by Gasteiger charge is -2.24. The molecule has 134 valence electrons. The van der Waals surface area contributed by atoms with E-state index in [1.807, 2.05) is 24.3 Å². The van der Waals surface area contributed by atoms with Crippen LogP contribution in [0, 0.1) is 0 Å². The fraction of sp³-hybridized carbons (Fsp3) is 0.444. The number of likely N-dealkylation sites (tertiary alicyclic amines) is 1. The molecule has 25 heavy (non-hydrogen) atoms. The normalized spacial score (nSPS) is 20.0. The van der Waals surface area contributed by atoms with Gasteiger partial charge in [0, 0.05) is 19.9 Å². The monoisotopic (exact) mass is 345 g/mol. The summed E-state index contributed by atoms with van der Waals surface area (Å²) in [6.45, 7) is 1.42. The first kappa shape index (κ1) is 17.4. The third kappa shape index (κ3) is 3.83. The van der Waals surface area contributed by atoms with Crippen LogP contribution in [0.2, 0.25) is 0 Å². The second-order valence-corrected chi connectivity index (χ2v) is 6.10. The molecule has 0 saturated carbocycles. The van der Waals surface area contributed by atoms with E-state index in [4.69, 9.17) is 9.47 Å². The lowest BCUT2D eigenvalue weighted by Crippen LogP contribution is -2.32. The van der Waals surface area contributed by atoms with Gasteiger partial charge in [-0.15, -0.1) is 0 Å². The highest BCUT2D eigenvalue weighted by Gasteiger charge is 2.36. The van der Waals surface area contributed by atoms with Crippen LogP contribution in [0.5, 0.6) is 5.75 Å². The number of aliphatic hydroxyl groups is 1. The van der Waals surface area contributed by atoms with Crippen molar-refractivity contribution in [1.82, 2.24) is 14.7 Å². The molecule has 3 rings (SSSR count). The summed E-state index contributed by atoms with van der Waals surface area (Å²) < 4.78 is 12.0. The van der Waals surface area contributed by atoms with Crippen LogP contribution in [-0.4, -0.2) is 59.2 Å². The number of β-amino-alcohol motifs (C(OH)–C–C–N with tert-alkyl or cyclic N) is 1. The van der Waals surface area contributed by atoms with Gasteiger partial charge in [-0.25, -0.2) is 0 Å². The van der Waals surface area contributed by atoms with Crippen LogP contribution in [-0.2, 0) is 11.3 Å². The third-order valence-electron chi connectivity index (χ3n) is 4.40. The predicted molar refractivity (Wildman–Crippen MR) is 91.5 cm³/mol. The van der Waals surface area contributed by atoms with Crippen LogP contribution in [0.1, 0.15) is 28.5 Å². The Labute approximate surface area is 146 Å². The summed E-state index contributed by atoms with van der Waals surface area (Å²) in [7, 11) is 3.23. The maximum Gasteiger partial charge on any atom is 0.274 e. The van der Waals surface area contributed by atoms with E-state index >= 15 is 0 Å². The van der Waals surface area contributed by atoms with Gasteiger partial charge in [-0.2, -0.15) is 5.10 Å². The number of ether oxygens (including phenoxy) is 2. The highest BCUT2D eigenvalue weighted by Crippen LogP contribution is 2.34. The molecule has 1 N–H and O–H groups in total. The Morgan fingerprint density at radius 1 is 1.36 bits per heavy atom. The van der Waals surface area contributed by atoms with Crippen molar-refractivity contribution >= 4 is 5.91 Å². The average Bonchev–Trinajstić information content (AvgIpc) is 3.26. The molecule has 7 heteroatoms. The molecule has 0 spiro atoms. The molecule has 1 amide bonds. The van der Waals surface area contributed by atoms with Gasteiger partial charge in [-0.3, -0.25) is 9.48 Å². The fourth-order valence-corrected chi connectivity index (χ4v) is 3.14. The van der Waals surface area contributed by atoms with Crippen molar-refractivity contribution in [2.75, 3.05) is 27.4 Å². The second kappa shape index (κ2) is 7.67. The van der Waals surface area contributed by atoms with E-state index in [1.165, 1.54) is 0 Å². The zero-order valence-electron chi connectivity index (χ0n) is 14.5. The Hall–Kier alpha value is -2.38. The minimum absolute atomic E-state index is 0.180. The number of aliphatic hydroxyl groups excluding tert-OH is 1. The topological polar surface area (TPSA) is 76.8 Å². The fourth-order valence-electron chi connectivity index (χ4n) is 3.14. The molecule has 1 aliphatic heterocycles. The minimum atomic E-state index is -0.546. The van der Waals surface area contributed by atoms with E-state index in [1.54, 1.807) is 36.1 Å². The zero-order valence-corrected chi connectivity index (χ0v) is 14.5. The van der Waals surface area contributed by atoms with Crippen molar-refractivity contribution in [2.24, 2.45) is 0 Å². The average molecular weight is 345 g/mol. The summed E-state index contributed by atoms with van der Waals surface area (Å²) in [5.74, 6) is 0.552. The lowest BCUT2D eigenvalue weighted by molar-refractivity contribution is 0.0708.